The lowest BCUT2D eigenvalue weighted by atomic mass is 10.1. The van der Waals surface area contributed by atoms with Crippen LogP contribution in [0.2, 0.25) is 0 Å². The second-order valence-electron chi connectivity index (χ2n) is 5.05. The number of morpholine rings is 1. The molecule has 0 spiro atoms. The lowest BCUT2D eigenvalue weighted by Gasteiger charge is -2.30. The maximum absolute atomic E-state index is 12.4. The van der Waals surface area contributed by atoms with Gasteiger partial charge in [0, 0.05) is 39.3 Å². The van der Waals surface area contributed by atoms with E-state index in [0.29, 0.717) is 31.9 Å². The first-order chi connectivity index (χ1) is 10.4. The molecule has 8 heteroatoms. The van der Waals surface area contributed by atoms with Crippen LogP contribution in [0.1, 0.15) is 15.9 Å². The molecule has 0 radical (unpaired) electrons. The van der Waals surface area contributed by atoms with E-state index in [4.69, 9.17) is 4.74 Å². The van der Waals surface area contributed by atoms with Crippen LogP contribution in [0.4, 0.5) is 0 Å². The highest BCUT2D eigenvalue weighted by Crippen LogP contribution is 2.13. The van der Waals surface area contributed by atoms with Crippen molar-refractivity contribution in [1.29, 1.82) is 0 Å². The van der Waals surface area contributed by atoms with E-state index in [1.165, 1.54) is 8.61 Å². The predicted octanol–water partition coefficient (Wildman–Crippen LogP) is 0.0550. The van der Waals surface area contributed by atoms with Crippen LogP contribution in [0.3, 0.4) is 0 Å². The number of hydrogen-bond donors (Lipinski definition) is 1. The van der Waals surface area contributed by atoms with E-state index in [1.807, 2.05) is 0 Å². The molecule has 0 saturated carbocycles. The molecule has 0 atom stereocenters. The summed E-state index contributed by atoms with van der Waals surface area (Å²) < 4.78 is 32.8. The molecule has 1 amide bonds. The van der Waals surface area contributed by atoms with E-state index in [2.05, 4.69) is 5.32 Å². The van der Waals surface area contributed by atoms with Crippen molar-refractivity contribution in [2.24, 2.45) is 0 Å². The Balaban J connectivity index is 2.04. The van der Waals surface area contributed by atoms with Gasteiger partial charge in [-0.25, -0.2) is 0 Å². The summed E-state index contributed by atoms with van der Waals surface area (Å²) >= 11 is 0. The third kappa shape index (κ3) is 3.83. The highest BCUT2D eigenvalue weighted by molar-refractivity contribution is 7.86. The zero-order chi connectivity index (χ0) is 16.2. The minimum Gasteiger partial charge on any atom is -0.379 e. The van der Waals surface area contributed by atoms with E-state index in [9.17, 15) is 13.2 Å². The van der Waals surface area contributed by atoms with Gasteiger partial charge >= 0.3 is 0 Å². The Morgan fingerprint density at radius 3 is 2.41 bits per heavy atom. The van der Waals surface area contributed by atoms with E-state index in [0.717, 1.165) is 5.56 Å². The molecule has 1 saturated heterocycles. The number of carbonyl (C=O) groups is 1. The van der Waals surface area contributed by atoms with Gasteiger partial charge < -0.3 is 10.1 Å². The summed E-state index contributed by atoms with van der Waals surface area (Å²) in [6.07, 6.45) is 0. The molecular weight excluding hydrogens is 306 g/mol. The van der Waals surface area contributed by atoms with Crippen LogP contribution in [0.15, 0.2) is 24.3 Å². The lowest BCUT2D eigenvalue weighted by molar-refractivity contribution is 0.0705. The summed E-state index contributed by atoms with van der Waals surface area (Å²) in [4.78, 5) is 11.5. The van der Waals surface area contributed by atoms with Gasteiger partial charge in [0.1, 0.15) is 0 Å². The highest BCUT2D eigenvalue weighted by atomic mass is 32.2. The Morgan fingerprint density at radius 1 is 1.27 bits per heavy atom. The van der Waals surface area contributed by atoms with Crippen molar-refractivity contribution >= 4 is 16.1 Å². The molecule has 1 aromatic carbocycles. The summed E-state index contributed by atoms with van der Waals surface area (Å²) in [6, 6.07) is 6.89. The highest BCUT2D eigenvalue weighted by Gasteiger charge is 2.28. The fourth-order valence-corrected chi connectivity index (χ4v) is 3.54. The van der Waals surface area contributed by atoms with Crippen molar-refractivity contribution < 1.29 is 17.9 Å². The van der Waals surface area contributed by atoms with Gasteiger partial charge in [0.05, 0.1) is 13.2 Å². The molecule has 1 aromatic rings. The molecule has 1 aliphatic heterocycles. The van der Waals surface area contributed by atoms with E-state index in [-0.39, 0.29) is 12.5 Å². The van der Waals surface area contributed by atoms with Gasteiger partial charge in [0.2, 0.25) is 0 Å². The van der Waals surface area contributed by atoms with Gasteiger partial charge in [-0.2, -0.15) is 17.0 Å². The average molecular weight is 327 g/mol. The summed E-state index contributed by atoms with van der Waals surface area (Å²) in [7, 11) is -0.363. The van der Waals surface area contributed by atoms with Gasteiger partial charge in [-0.15, -0.1) is 0 Å². The predicted molar refractivity (Wildman–Crippen MR) is 82.6 cm³/mol. The largest absolute Gasteiger partial charge is 0.379 e. The maximum atomic E-state index is 12.4. The molecule has 0 bridgehead atoms. The van der Waals surface area contributed by atoms with Crippen molar-refractivity contribution in [1.82, 2.24) is 13.9 Å². The van der Waals surface area contributed by atoms with Gasteiger partial charge in [-0.1, -0.05) is 12.1 Å². The number of hydrogen-bond acceptors (Lipinski definition) is 4. The Kier molecular flexibility index (Phi) is 5.52. The normalized spacial score (nSPS) is 16.7. The van der Waals surface area contributed by atoms with Gasteiger partial charge in [-0.05, 0) is 17.7 Å². The van der Waals surface area contributed by atoms with Crippen LogP contribution in [-0.4, -0.2) is 63.3 Å². The topological polar surface area (TPSA) is 79.0 Å². The Hall–Kier alpha value is -1.48. The number of nitrogens with one attached hydrogen (secondary N) is 1. The summed E-state index contributed by atoms with van der Waals surface area (Å²) in [5, 5.41) is 2.55. The lowest BCUT2D eigenvalue weighted by Crippen LogP contribution is -2.47. The molecule has 7 nitrogen and oxygen atoms in total. The quantitative estimate of drug-likeness (QED) is 0.829. The molecular formula is C14H21N3O4S. The van der Waals surface area contributed by atoms with Crippen LogP contribution < -0.4 is 5.32 Å². The van der Waals surface area contributed by atoms with E-state index < -0.39 is 10.2 Å². The fourth-order valence-electron chi connectivity index (χ4n) is 2.22. The molecule has 0 aromatic heterocycles. The fraction of sp³-hybridized carbons (Fsp3) is 0.500. The molecule has 1 aliphatic rings. The van der Waals surface area contributed by atoms with Crippen molar-refractivity contribution in [3.8, 4) is 0 Å². The molecule has 22 heavy (non-hydrogen) atoms. The minimum absolute atomic E-state index is 0.166. The number of amides is 1. The number of ether oxygens (including phenoxy) is 1. The minimum atomic E-state index is -3.48. The van der Waals surface area contributed by atoms with Gasteiger partial charge in [0.15, 0.2) is 0 Å². The summed E-state index contributed by atoms with van der Waals surface area (Å²) in [5.74, 6) is -0.166. The van der Waals surface area contributed by atoms with E-state index >= 15 is 0 Å². The van der Waals surface area contributed by atoms with Crippen LogP contribution >= 0.6 is 0 Å². The molecule has 0 unspecified atom stereocenters. The SMILES string of the molecule is CNC(=O)c1ccc(CN(C)S(=O)(=O)N2CCOCC2)cc1. The Bertz CT molecular complexity index is 609. The van der Waals surface area contributed by atoms with Crippen molar-refractivity contribution in [3.63, 3.8) is 0 Å². The molecule has 0 aliphatic carbocycles. The average Bonchev–Trinajstić information content (AvgIpc) is 2.55. The van der Waals surface area contributed by atoms with Gasteiger partial charge in [0.25, 0.3) is 16.1 Å². The van der Waals surface area contributed by atoms with Gasteiger partial charge in [-0.3, -0.25) is 4.79 Å². The van der Waals surface area contributed by atoms with Crippen LogP contribution in [-0.2, 0) is 21.5 Å². The Morgan fingerprint density at radius 2 is 1.86 bits per heavy atom. The second-order valence-corrected chi connectivity index (χ2v) is 7.09. The van der Waals surface area contributed by atoms with E-state index in [1.54, 1.807) is 38.4 Å². The standard InChI is InChI=1S/C14H21N3O4S/c1-15-14(18)13-5-3-12(4-6-13)11-16(2)22(19,20)17-7-9-21-10-8-17/h3-6H,7-11H2,1-2H3,(H,15,18). The number of benzene rings is 1. The molecule has 122 valence electrons. The molecule has 1 N–H and O–H groups in total. The van der Waals surface area contributed by atoms with Crippen molar-refractivity contribution in [2.75, 3.05) is 40.4 Å². The zero-order valence-electron chi connectivity index (χ0n) is 12.8. The van der Waals surface area contributed by atoms with Crippen LogP contribution in [0.5, 0.6) is 0 Å². The number of rotatable bonds is 5. The second kappa shape index (κ2) is 7.19. The number of carbonyl (C=O) groups excluding carboxylic acids is 1. The first-order valence-electron chi connectivity index (χ1n) is 7.05. The van der Waals surface area contributed by atoms with Crippen molar-refractivity contribution in [2.45, 2.75) is 6.54 Å². The monoisotopic (exact) mass is 327 g/mol. The third-order valence-electron chi connectivity index (χ3n) is 3.54. The first kappa shape index (κ1) is 16.9. The van der Waals surface area contributed by atoms with Crippen molar-refractivity contribution in [3.05, 3.63) is 35.4 Å². The zero-order valence-corrected chi connectivity index (χ0v) is 13.6. The molecule has 1 fully saturated rings. The third-order valence-corrected chi connectivity index (χ3v) is 5.47. The van der Waals surface area contributed by atoms with Crippen LogP contribution in [0, 0.1) is 0 Å². The Labute approximate surface area is 131 Å². The smallest absolute Gasteiger partial charge is 0.282 e. The number of nitrogens with zero attached hydrogens (tertiary/aromatic N) is 2. The summed E-state index contributed by atoms with van der Waals surface area (Å²) in [6.45, 7) is 1.86. The molecule has 2 rings (SSSR count). The maximum Gasteiger partial charge on any atom is 0.282 e. The van der Waals surface area contributed by atoms with Crippen LogP contribution in [0.25, 0.3) is 0 Å². The summed E-state index contributed by atoms with van der Waals surface area (Å²) in [5.41, 5.74) is 1.37. The first-order valence-corrected chi connectivity index (χ1v) is 8.45. The molecule has 1 heterocycles.